The summed E-state index contributed by atoms with van der Waals surface area (Å²) in [5, 5.41) is 3.07. The number of amides is 1. The monoisotopic (exact) mass is 475 g/mol. The van der Waals surface area contributed by atoms with E-state index < -0.39 is 5.41 Å². The molecule has 1 aliphatic rings. The number of fused-ring (bicyclic) bond motifs is 2. The summed E-state index contributed by atoms with van der Waals surface area (Å²) in [5.41, 5.74) is 6.13. The van der Waals surface area contributed by atoms with Gasteiger partial charge < -0.3 is 9.88 Å². The van der Waals surface area contributed by atoms with Crippen LogP contribution >= 0.6 is 0 Å². The van der Waals surface area contributed by atoms with Crippen LogP contribution in [0.5, 0.6) is 0 Å². The van der Waals surface area contributed by atoms with Crippen molar-refractivity contribution in [3.05, 3.63) is 84.2 Å². The molecule has 0 radical (unpaired) electrons. The zero-order chi connectivity index (χ0) is 24.9. The van der Waals surface area contributed by atoms with Crippen molar-refractivity contribution in [2.24, 2.45) is 0 Å². The van der Waals surface area contributed by atoms with Gasteiger partial charge in [0.2, 0.25) is 5.91 Å². The van der Waals surface area contributed by atoms with Crippen molar-refractivity contribution < 1.29 is 4.79 Å². The van der Waals surface area contributed by atoms with Crippen LogP contribution in [0.2, 0.25) is 0 Å². The van der Waals surface area contributed by atoms with Gasteiger partial charge in [-0.2, -0.15) is 0 Å². The summed E-state index contributed by atoms with van der Waals surface area (Å²) in [6.45, 7) is 6.61. The average molecular weight is 476 g/mol. The van der Waals surface area contributed by atoms with Crippen molar-refractivity contribution >= 4 is 22.8 Å². The van der Waals surface area contributed by atoms with Crippen LogP contribution in [0, 0.1) is 6.92 Å². The maximum absolute atomic E-state index is 13.1. The molecule has 1 amide bonds. The van der Waals surface area contributed by atoms with Crippen molar-refractivity contribution in [2.45, 2.75) is 39.2 Å². The summed E-state index contributed by atoms with van der Waals surface area (Å²) in [6.07, 6.45) is 5.74. The molecule has 1 aliphatic heterocycles. The molecule has 0 bridgehead atoms. The average Bonchev–Trinajstić information content (AvgIpc) is 3.39. The van der Waals surface area contributed by atoms with Gasteiger partial charge in [0.15, 0.2) is 5.65 Å². The molecule has 0 fully saturated rings. The normalized spacial score (nSPS) is 16.8. The van der Waals surface area contributed by atoms with E-state index in [9.17, 15) is 4.79 Å². The Bertz CT molecular complexity index is 1610. The molecular weight excluding hydrogens is 450 g/mol. The third-order valence-electron chi connectivity index (χ3n) is 6.92. The molecule has 0 saturated carbocycles. The quantitative estimate of drug-likeness (QED) is 0.395. The highest BCUT2D eigenvalue weighted by molar-refractivity contribution is 6.07. The third-order valence-corrected chi connectivity index (χ3v) is 6.92. The van der Waals surface area contributed by atoms with E-state index in [0.717, 1.165) is 45.1 Å². The van der Waals surface area contributed by atoms with Crippen LogP contribution in [0.1, 0.15) is 30.8 Å². The molecule has 1 N–H and O–H groups in total. The Labute approximate surface area is 208 Å². The van der Waals surface area contributed by atoms with Gasteiger partial charge in [-0.1, -0.05) is 36.4 Å². The number of benzene rings is 2. The van der Waals surface area contributed by atoms with Crippen LogP contribution in [0.15, 0.2) is 67.3 Å². The number of carbonyl (C=O) groups is 1. The summed E-state index contributed by atoms with van der Waals surface area (Å²) in [7, 11) is 0. The van der Waals surface area contributed by atoms with Gasteiger partial charge >= 0.3 is 0 Å². The highest BCUT2D eigenvalue weighted by atomic mass is 16.2. The first-order valence-corrected chi connectivity index (χ1v) is 12.0. The second kappa shape index (κ2) is 8.34. The van der Waals surface area contributed by atoms with Crippen LogP contribution in [0.4, 0.5) is 5.69 Å². The van der Waals surface area contributed by atoms with Crippen LogP contribution in [0.3, 0.4) is 0 Å². The minimum absolute atomic E-state index is 0.00301. The lowest BCUT2D eigenvalue weighted by molar-refractivity contribution is -0.120. The summed E-state index contributed by atoms with van der Waals surface area (Å²) in [6, 6.07) is 16.1. The topological polar surface area (TPSA) is 98.5 Å². The fourth-order valence-corrected chi connectivity index (χ4v) is 5.00. The number of nitrogens with zero attached hydrogens (tertiary/aromatic N) is 6. The molecule has 3 aromatic heterocycles. The molecular formula is C28H25N7O. The molecule has 6 rings (SSSR count). The van der Waals surface area contributed by atoms with E-state index in [1.54, 1.807) is 18.7 Å². The van der Waals surface area contributed by atoms with Gasteiger partial charge in [0.1, 0.15) is 29.2 Å². The van der Waals surface area contributed by atoms with E-state index in [2.05, 4.69) is 50.4 Å². The smallest absolute Gasteiger partial charge is 0.235 e. The Kier molecular flexibility index (Phi) is 5.10. The Morgan fingerprint density at radius 2 is 1.75 bits per heavy atom. The molecule has 8 heteroatoms. The minimum atomic E-state index is -0.688. The second-order valence-electron chi connectivity index (χ2n) is 9.30. The first-order valence-electron chi connectivity index (χ1n) is 12.0. The lowest BCUT2D eigenvalue weighted by Crippen LogP contribution is -2.33. The van der Waals surface area contributed by atoms with Crippen molar-refractivity contribution in [1.82, 2.24) is 29.5 Å². The van der Waals surface area contributed by atoms with Crippen molar-refractivity contribution in [3.8, 4) is 22.6 Å². The number of carbonyl (C=O) groups excluding carboxylic acids is 1. The van der Waals surface area contributed by atoms with E-state index >= 15 is 0 Å². The molecule has 4 heterocycles. The second-order valence-corrected chi connectivity index (χ2v) is 9.30. The SMILES string of the molecule is CCn1c(-c2cnc(C)nc2)nc2c(-c3ccc4c(c3)[C@](C)(Cc3ccccc3)C(=O)N4)ncnc21. The minimum Gasteiger partial charge on any atom is -0.325 e. The molecule has 1 atom stereocenters. The van der Waals surface area contributed by atoms with Gasteiger partial charge in [-0.05, 0) is 50.5 Å². The Balaban J connectivity index is 1.48. The lowest BCUT2D eigenvalue weighted by Gasteiger charge is -2.23. The summed E-state index contributed by atoms with van der Waals surface area (Å²) < 4.78 is 2.05. The Hall–Kier alpha value is -4.46. The zero-order valence-electron chi connectivity index (χ0n) is 20.4. The number of rotatable bonds is 5. The third kappa shape index (κ3) is 3.45. The Morgan fingerprint density at radius 1 is 0.972 bits per heavy atom. The predicted molar refractivity (Wildman–Crippen MR) is 138 cm³/mol. The standard InChI is InChI=1S/C28H25N7O/c1-4-35-25(20-14-29-17(2)30-15-20)34-24-23(31-16-32-26(24)35)19-10-11-22-21(12-19)28(3,27(36)33-22)13-18-8-6-5-7-9-18/h5-12,14-16H,4,13H2,1-3H3,(H,33,36)/t28-/m0/s1. The van der Waals surface area contributed by atoms with Crippen molar-refractivity contribution in [1.29, 1.82) is 0 Å². The van der Waals surface area contributed by atoms with Crippen molar-refractivity contribution in [3.63, 3.8) is 0 Å². The molecule has 36 heavy (non-hydrogen) atoms. The van der Waals surface area contributed by atoms with Crippen molar-refractivity contribution in [2.75, 3.05) is 5.32 Å². The van der Waals surface area contributed by atoms with Gasteiger partial charge in [0, 0.05) is 30.2 Å². The van der Waals surface area contributed by atoms with E-state index in [0.29, 0.717) is 24.3 Å². The van der Waals surface area contributed by atoms with Gasteiger partial charge in [-0.3, -0.25) is 4.79 Å². The zero-order valence-corrected chi connectivity index (χ0v) is 20.4. The number of imidazole rings is 1. The van der Waals surface area contributed by atoms with E-state index in [1.807, 2.05) is 48.7 Å². The van der Waals surface area contributed by atoms with Gasteiger partial charge in [-0.15, -0.1) is 0 Å². The molecule has 5 aromatic rings. The molecule has 0 aliphatic carbocycles. The lowest BCUT2D eigenvalue weighted by atomic mass is 9.78. The maximum atomic E-state index is 13.1. The highest BCUT2D eigenvalue weighted by Gasteiger charge is 2.43. The van der Waals surface area contributed by atoms with Crippen LogP contribution < -0.4 is 5.32 Å². The van der Waals surface area contributed by atoms with E-state index in [4.69, 9.17) is 4.98 Å². The van der Waals surface area contributed by atoms with Crippen LogP contribution in [0.25, 0.3) is 33.8 Å². The number of aromatic nitrogens is 6. The predicted octanol–water partition coefficient (Wildman–Crippen LogP) is 4.73. The highest BCUT2D eigenvalue weighted by Crippen LogP contribution is 2.42. The molecule has 2 aromatic carbocycles. The van der Waals surface area contributed by atoms with Gasteiger partial charge in [0.05, 0.1) is 11.0 Å². The fraction of sp³-hybridized carbons (Fsp3) is 0.214. The fourth-order valence-electron chi connectivity index (χ4n) is 5.00. The maximum Gasteiger partial charge on any atom is 0.235 e. The van der Waals surface area contributed by atoms with E-state index in [-0.39, 0.29) is 5.91 Å². The summed E-state index contributed by atoms with van der Waals surface area (Å²) >= 11 is 0. The number of hydrogen-bond acceptors (Lipinski definition) is 6. The first-order chi connectivity index (χ1) is 17.5. The summed E-state index contributed by atoms with van der Waals surface area (Å²) in [4.78, 5) is 35.9. The molecule has 0 saturated heterocycles. The molecule has 178 valence electrons. The largest absolute Gasteiger partial charge is 0.325 e. The number of hydrogen-bond donors (Lipinski definition) is 1. The first kappa shape index (κ1) is 22.0. The van der Waals surface area contributed by atoms with E-state index in [1.165, 1.54) is 0 Å². The van der Waals surface area contributed by atoms with Gasteiger partial charge in [-0.25, -0.2) is 24.9 Å². The number of anilines is 1. The number of nitrogens with one attached hydrogen (secondary N) is 1. The summed E-state index contributed by atoms with van der Waals surface area (Å²) in [5.74, 6) is 1.46. The molecule has 0 unspecified atom stereocenters. The molecule has 8 nitrogen and oxygen atoms in total. The van der Waals surface area contributed by atoms with Crippen LogP contribution in [-0.4, -0.2) is 35.4 Å². The Morgan fingerprint density at radius 3 is 2.50 bits per heavy atom. The van der Waals surface area contributed by atoms with Crippen LogP contribution in [-0.2, 0) is 23.2 Å². The van der Waals surface area contributed by atoms with Gasteiger partial charge in [0.25, 0.3) is 0 Å². The number of aryl methyl sites for hydroxylation is 2. The molecule has 0 spiro atoms.